The highest BCUT2D eigenvalue weighted by molar-refractivity contribution is 7.14. The SMILES string of the molecule is O=C(Nc1cccc(F)c1)Nc1sccc1C(=O)O. The normalized spacial score (nSPS) is 9.95. The number of nitrogens with one attached hydrogen (secondary N) is 2. The zero-order valence-electron chi connectivity index (χ0n) is 9.51. The van der Waals surface area contributed by atoms with Gasteiger partial charge >= 0.3 is 12.0 Å². The predicted octanol–water partition coefficient (Wildman–Crippen LogP) is 3.23. The van der Waals surface area contributed by atoms with Gasteiger partial charge in [0.1, 0.15) is 10.8 Å². The van der Waals surface area contributed by atoms with E-state index in [2.05, 4.69) is 10.6 Å². The van der Waals surface area contributed by atoms with E-state index >= 15 is 0 Å². The van der Waals surface area contributed by atoms with Crippen LogP contribution in [0.1, 0.15) is 10.4 Å². The topological polar surface area (TPSA) is 78.4 Å². The Morgan fingerprint density at radius 3 is 2.68 bits per heavy atom. The van der Waals surface area contributed by atoms with Crippen molar-refractivity contribution in [3.05, 3.63) is 47.1 Å². The van der Waals surface area contributed by atoms with Gasteiger partial charge in [-0.1, -0.05) is 6.07 Å². The molecular weight excluding hydrogens is 271 g/mol. The lowest BCUT2D eigenvalue weighted by atomic mass is 10.3. The highest BCUT2D eigenvalue weighted by Crippen LogP contribution is 2.23. The maximum absolute atomic E-state index is 12.9. The second-order valence-corrected chi connectivity index (χ2v) is 4.47. The summed E-state index contributed by atoms with van der Waals surface area (Å²) in [6.45, 7) is 0. The molecule has 0 fully saturated rings. The van der Waals surface area contributed by atoms with Crippen LogP contribution in [0.3, 0.4) is 0 Å². The average Bonchev–Trinajstić information content (AvgIpc) is 2.76. The van der Waals surface area contributed by atoms with Crippen molar-refractivity contribution in [2.75, 3.05) is 10.6 Å². The van der Waals surface area contributed by atoms with E-state index in [1.54, 1.807) is 5.38 Å². The first-order chi connectivity index (χ1) is 9.06. The van der Waals surface area contributed by atoms with Crippen molar-refractivity contribution in [3.63, 3.8) is 0 Å². The van der Waals surface area contributed by atoms with Crippen LogP contribution in [0.4, 0.5) is 19.9 Å². The third-order valence-electron chi connectivity index (χ3n) is 2.21. The van der Waals surface area contributed by atoms with Gasteiger partial charge in [-0.3, -0.25) is 5.32 Å². The summed E-state index contributed by atoms with van der Waals surface area (Å²) in [4.78, 5) is 22.5. The summed E-state index contributed by atoms with van der Waals surface area (Å²) in [5.41, 5.74) is 0.297. The fourth-order valence-electron chi connectivity index (χ4n) is 1.41. The number of aromatic carboxylic acids is 1. The average molecular weight is 280 g/mol. The number of halogens is 1. The number of urea groups is 1. The number of hydrogen-bond acceptors (Lipinski definition) is 3. The quantitative estimate of drug-likeness (QED) is 0.807. The Kier molecular flexibility index (Phi) is 3.76. The highest BCUT2D eigenvalue weighted by Gasteiger charge is 2.13. The predicted molar refractivity (Wildman–Crippen MR) is 70.3 cm³/mol. The van der Waals surface area contributed by atoms with Crippen LogP contribution in [0.15, 0.2) is 35.7 Å². The van der Waals surface area contributed by atoms with Crippen molar-refractivity contribution in [1.82, 2.24) is 0 Å². The van der Waals surface area contributed by atoms with Crippen LogP contribution in [-0.4, -0.2) is 17.1 Å². The molecule has 0 aliphatic heterocycles. The molecule has 2 aromatic rings. The van der Waals surface area contributed by atoms with Crippen LogP contribution in [0.5, 0.6) is 0 Å². The van der Waals surface area contributed by atoms with E-state index < -0.39 is 17.8 Å². The second-order valence-electron chi connectivity index (χ2n) is 3.56. The fourth-order valence-corrected chi connectivity index (χ4v) is 2.18. The monoisotopic (exact) mass is 280 g/mol. The molecule has 0 saturated heterocycles. The van der Waals surface area contributed by atoms with Gasteiger partial charge in [-0.25, -0.2) is 14.0 Å². The Morgan fingerprint density at radius 1 is 1.21 bits per heavy atom. The summed E-state index contributed by atoms with van der Waals surface area (Å²) in [6.07, 6.45) is 0. The Labute approximate surface area is 111 Å². The molecule has 98 valence electrons. The highest BCUT2D eigenvalue weighted by atomic mass is 32.1. The third kappa shape index (κ3) is 3.29. The largest absolute Gasteiger partial charge is 0.478 e. The Bertz CT molecular complexity index is 627. The van der Waals surface area contributed by atoms with Gasteiger partial charge in [-0.05, 0) is 29.6 Å². The van der Waals surface area contributed by atoms with Gasteiger partial charge in [0.15, 0.2) is 0 Å². The molecule has 0 aliphatic carbocycles. The van der Waals surface area contributed by atoms with E-state index in [1.165, 1.54) is 24.3 Å². The molecule has 0 saturated carbocycles. The lowest BCUT2D eigenvalue weighted by Gasteiger charge is -2.06. The minimum Gasteiger partial charge on any atom is -0.478 e. The number of carbonyl (C=O) groups excluding carboxylic acids is 1. The lowest BCUT2D eigenvalue weighted by molar-refractivity contribution is 0.0698. The zero-order chi connectivity index (χ0) is 13.8. The number of anilines is 2. The first-order valence-electron chi connectivity index (χ1n) is 5.20. The zero-order valence-corrected chi connectivity index (χ0v) is 10.3. The summed E-state index contributed by atoms with van der Waals surface area (Å²) >= 11 is 1.09. The molecular formula is C12H9FN2O3S. The molecule has 0 bridgehead atoms. The maximum atomic E-state index is 12.9. The summed E-state index contributed by atoms with van der Waals surface area (Å²) in [6, 6.07) is 6.16. The molecule has 0 radical (unpaired) electrons. The minimum atomic E-state index is -1.12. The number of carbonyl (C=O) groups is 2. The summed E-state index contributed by atoms with van der Waals surface area (Å²) < 4.78 is 12.9. The summed E-state index contributed by atoms with van der Waals surface area (Å²) in [5, 5.41) is 15.5. The fraction of sp³-hybridized carbons (Fsp3) is 0. The molecule has 7 heteroatoms. The molecule has 19 heavy (non-hydrogen) atoms. The van der Waals surface area contributed by atoms with Crippen molar-refractivity contribution in [2.45, 2.75) is 0 Å². The van der Waals surface area contributed by atoms with Crippen LogP contribution in [-0.2, 0) is 0 Å². The lowest BCUT2D eigenvalue weighted by Crippen LogP contribution is -2.20. The van der Waals surface area contributed by atoms with Crippen molar-refractivity contribution in [3.8, 4) is 0 Å². The molecule has 0 spiro atoms. The third-order valence-corrected chi connectivity index (χ3v) is 3.04. The van der Waals surface area contributed by atoms with Crippen molar-refractivity contribution >= 4 is 34.0 Å². The van der Waals surface area contributed by atoms with Gasteiger partial charge in [0.25, 0.3) is 0 Å². The number of rotatable bonds is 3. The van der Waals surface area contributed by atoms with Crippen LogP contribution in [0, 0.1) is 5.82 Å². The molecule has 2 rings (SSSR count). The Morgan fingerprint density at radius 2 is 2.00 bits per heavy atom. The number of hydrogen-bond donors (Lipinski definition) is 3. The first kappa shape index (κ1) is 13.0. The smallest absolute Gasteiger partial charge is 0.338 e. The minimum absolute atomic E-state index is 0.0133. The standard InChI is InChI=1S/C12H9FN2O3S/c13-7-2-1-3-8(6-7)14-12(18)15-10-9(11(16)17)4-5-19-10/h1-6H,(H,16,17)(H2,14,15,18). The van der Waals surface area contributed by atoms with Crippen molar-refractivity contribution in [1.29, 1.82) is 0 Å². The number of amides is 2. The molecule has 1 heterocycles. The summed E-state index contributed by atoms with van der Waals surface area (Å²) in [5.74, 6) is -1.59. The number of carboxylic acids is 1. The molecule has 0 atom stereocenters. The van der Waals surface area contributed by atoms with Crippen molar-refractivity contribution < 1.29 is 19.1 Å². The number of benzene rings is 1. The van der Waals surface area contributed by atoms with Gasteiger partial charge in [0.05, 0.1) is 5.56 Å². The molecule has 3 N–H and O–H groups in total. The van der Waals surface area contributed by atoms with Gasteiger partial charge < -0.3 is 10.4 Å². The van der Waals surface area contributed by atoms with Crippen LogP contribution >= 0.6 is 11.3 Å². The Hall–Kier alpha value is -2.41. The van der Waals surface area contributed by atoms with Gasteiger partial charge in [-0.15, -0.1) is 11.3 Å². The number of carboxylic acid groups (broad SMARTS) is 1. The Balaban J connectivity index is 2.05. The molecule has 2 amide bonds. The molecule has 1 aromatic heterocycles. The van der Waals surface area contributed by atoms with E-state index in [4.69, 9.17) is 5.11 Å². The van der Waals surface area contributed by atoms with E-state index in [1.807, 2.05) is 0 Å². The van der Waals surface area contributed by atoms with E-state index in [9.17, 15) is 14.0 Å². The van der Waals surface area contributed by atoms with E-state index in [-0.39, 0.29) is 16.3 Å². The van der Waals surface area contributed by atoms with Crippen molar-refractivity contribution in [2.24, 2.45) is 0 Å². The number of thiophene rings is 1. The van der Waals surface area contributed by atoms with Crippen LogP contribution < -0.4 is 10.6 Å². The van der Waals surface area contributed by atoms with E-state index in [0.717, 1.165) is 17.4 Å². The molecule has 1 aromatic carbocycles. The van der Waals surface area contributed by atoms with Gasteiger partial charge in [0, 0.05) is 5.69 Å². The second kappa shape index (κ2) is 5.49. The molecule has 0 aliphatic rings. The first-order valence-corrected chi connectivity index (χ1v) is 6.08. The van der Waals surface area contributed by atoms with Crippen LogP contribution in [0.2, 0.25) is 0 Å². The maximum Gasteiger partial charge on any atom is 0.338 e. The van der Waals surface area contributed by atoms with Gasteiger partial charge in [0.2, 0.25) is 0 Å². The molecule has 0 unspecified atom stereocenters. The molecule has 5 nitrogen and oxygen atoms in total. The summed E-state index contributed by atoms with van der Waals surface area (Å²) in [7, 11) is 0. The van der Waals surface area contributed by atoms with E-state index in [0.29, 0.717) is 0 Å². The van der Waals surface area contributed by atoms with Crippen LogP contribution in [0.25, 0.3) is 0 Å². The van der Waals surface area contributed by atoms with Gasteiger partial charge in [-0.2, -0.15) is 0 Å².